The van der Waals surface area contributed by atoms with Gasteiger partial charge in [0.1, 0.15) is 12.3 Å². The average molecular weight is 287 g/mol. The van der Waals surface area contributed by atoms with E-state index in [2.05, 4.69) is 15.4 Å². The fraction of sp³-hybridized carbons (Fsp3) is 0.308. The minimum Gasteiger partial charge on any atom is -0.482 e. The lowest BCUT2D eigenvalue weighted by atomic mass is 10.2. The van der Waals surface area contributed by atoms with Crippen molar-refractivity contribution in [3.8, 4) is 23.2 Å². The van der Waals surface area contributed by atoms with Gasteiger partial charge in [-0.2, -0.15) is 5.26 Å². The maximum atomic E-state index is 11.2. The summed E-state index contributed by atoms with van der Waals surface area (Å²) in [6.45, 7) is 1.97. The Morgan fingerprint density at radius 3 is 2.81 bits per heavy atom. The number of carbonyl (C=O) groups excluding carboxylic acids is 1. The van der Waals surface area contributed by atoms with E-state index in [-0.39, 0.29) is 13.2 Å². The molecular formula is C13H13N5O3. The van der Waals surface area contributed by atoms with Crippen molar-refractivity contribution in [3.05, 3.63) is 24.3 Å². The van der Waals surface area contributed by atoms with Crippen LogP contribution >= 0.6 is 0 Å². The second kappa shape index (κ2) is 7.00. The molecule has 2 rings (SSSR count). The summed E-state index contributed by atoms with van der Waals surface area (Å²) in [6, 6.07) is 8.81. The van der Waals surface area contributed by atoms with Gasteiger partial charge in [0.25, 0.3) is 0 Å². The zero-order valence-corrected chi connectivity index (χ0v) is 11.4. The Morgan fingerprint density at radius 1 is 1.38 bits per heavy atom. The van der Waals surface area contributed by atoms with Crippen LogP contribution in [0.3, 0.4) is 0 Å². The van der Waals surface area contributed by atoms with E-state index in [1.54, 1.807) is 31.2 Å². The highest BCUT2D eigenvalue weighted by molar-refractivity contribution is 5.71. The van der Waals surface area contributed by atoms with E-state index < -0.39 is 5.97 Å². The highest BCUT2D eigenvalue weighted by Crippen LogP contribution is 2.18. The van der Waals surface area contributed by atoms with Crippen LogP contribution in [0, 0.1) is 11.3 Å². The van der Waals surface area contributed by atoms with Gasteiger partial charge in [-0.1, -0.05) is 0 Å². The quantitative estimate of drug-likeness (QED) is 0.724. The van der Waals surface area contributed by atoms with Gasteiger partial charge >= 0.3 is 5.97 Å². The van der Waals surface area contributed by atoms with Crippen LogP contribution in [-0.4, -0.2) is 39.4 Å². The van der Waals surface area contributed by atoms with Crippen LogP contribution in [0.4, 0.5) is 0 Å². The summed E-state index contributed by atoms with van der Waals surface area (Å²) in [5, 5.41) is 20.2. The predicted octanol–water partition coefficient (Wildman–Crippen LogP) is 0.806. The standard InChI is InChI=1S/C13H13N5O3/c1-2-20-12(19)9-21-11-5-3-10(4-6-11)13-15-17-18(16-13)8-7-14/h3-6H,2,8-9H2,1H3. The van der Waals surface area contributed by atoms with Gasteiger partial charge in [-0.05, 0) is 36.4 Å². The first-order valence-electron chi connectivity index (χ1n) is 6.26. The topological polar surface area (TPSA) is 103 Å². The van der Waals surface area contributed by atoms with E-state index in [4.69, 9.17) is 14.7 Å². The maximum Gasteiger partial charge on any atom is 0.344 e. The SMILES string of the molecule is CCOC(=O)COc1ccc(-c2nnn(CC#N)n2)cc1. The third-order valence-electron chi connectivity index (χ3n) is 2.44. The fourth-order valence-corrected chi connectivity index (χ4v) is 1.53. The van der Waals surface area contributed by atoms with E-state index in [1.165, 1.54) is 4.80 Å². The van der Waals surface area contributed by atoms with Crippen LogP contribution in [0.2, 0.25) is 0 Å². The van der Waals surface area contributed by atoms with Gasteiger partial charge in [0.2, 0.25) is 5.82 Å². The normalized spacial score (nSPS) is 9.90. The van der Waals surface area contributed by atoms with Gasteiger partial charge in [-0.3, -0.25) is 0 Å². The molecule has 1 aromatic carbocycles. The Morgan fingerprint density at radius 2 is 2.14 bits per heavy atom. The number of rotatable bonds is 6. The fourth-order valence-electron chi connectivity index (χ4n) is 1.53. The van der Waals surface area contributed by atoms with Crippen molar-refractivity contribution in [1.29, 1.82) is 5.26 Å². The van der Waals surface area contributed by atoms with E-state index in [1.807, 2.05) is 6.07 Å². The molecule has 2 aromatic rings. The van der Waals surface area contributed by atoms with Crippen molar-refractivity contribution < 1.29 is 14.3 Å². The smallest absolute Gasteiger partial charge is 0.344 e. The molecule has 0 amide bonds. The molecule has 108 valence electrons. The van der Waals surface area contributed by atoms with Crippen LogP contribution in [-0.2, 0) is 16.1 Å². The molecule has 0 saturated heterocycles. The summed E-state index contributed by atoms with van der Waals surface area (Å²) < 4.78 is 10.0. The summed E-state index contributed by atoms with van der Waals surface area (Å²) >= 11 is 0. The molecule has 0 bridgehead atoms. The van der Waals surface area contributed by atoms with E-state index >= 15 is 0 Å². The molecule has 0 aliphatic heterocycles. The molecule has 8 heteroatoms. The Balaban J connectivity index is 1.98. The van der Waals surface area contributed by atoms with Crippen molar-refractivity contribution in [2.24, 2.45) is 0 Å². The van der Waals surface area contributed by atoms with Crippen molar-refractivity contribution in [2.75, 3.05) is 13.2 Å². The number of aromatic nitrogens is 4. The van der Waals surface area contributed by atoms with E-state index in [0.717, 1.165) is 5.56 Å². The number of carbonyl (C=O) groups is 1. The number of esters is 1. The summed E-state index contributed by atoms with van der Waals surface area (Å²) in [7, 11) is 0. The molecule has 0 radical (unpaired) electrons. The van der Waals surface area contributed by atoms with Crippen LogP contribution in [0.1, 0.15) is 6.92 Å². The molecule has 21 heavy (non-hydrogen) atoms. The molecule has 0 saturated carbocycles. The van der Waals surface area contributed by atoms with Crippen LogP contribution in [0.15, 0.2) is 24.3 Å². The third kappa shape index (κ3) is 4.01. The van der Waals surface area contributed by atoms with E-state index in [0.29, 0.717) is 18.2 Å². The molecule has 0 spiro atoms. The minimum atomic E-state index is -0.414. The zero-order valence-electron chi connectivity index (χ0n) is 11.4. The molecule has 1 heterocycles. The van der Waals surface area contributed by atoms with Crippen molar-refractivity contribution >= 4 is 5.97 Å². The number of nitrogens with zero attached hydrogens (tertiary/aromatic N) is 5. The highest BCUT2D eigenvalue weighted by atomic mass is 16.6. The molecule has 0 N–H and O–H groups in total. The second-order valence-electron chi connectivity index (χ2n) is 3.92. The minimum absolute atomic E-state index is 0.0493. The predicted molar refractivity (Wildman–Crippen MR) is 71.0 cm³/mol. The van der Waals surface area contributed by atoms with Gasteiger partial charge < -0.3 is 9.47 Å². The number of tetrazole rings is 1. The van der Waals surface area contributed by atoms with Crippen molar-refractivity contribution in [3.63, 3.8) is 0 Å². The lowest BCUT2D eigenvalue weighted by Crippen LogP contribution is -2.14. The second-order valence-corrected chi connectivity index (χ2v) is 3.92. The first-order valence-corrected chi connectivity index (χ1v) is 6.26. The number of hydrogen-bond donors (Lipinski definition) is 0. The third-order valence-corrected chi connectivity index (χ3v) is 2.44. The number of benzene rings is 1. The van der Waals surface area contributed by atoms with Gasteiger partial charge in [-0.15, -0.1) is 15.0 Å². The molecular weight excluding hydrogens is 274 g/mol. The zero-order chi connectivity index (χ0) is 15.1. The van der Waals surface area contributed by atoms with Crippen molar-refractivity contribution in [2.45, 2.75) is 13.5 Å². The van der Waals surface area contributed by atoms with Crippen LogP contribution < -0.4 is 4.74 Å². The number of nitriles is 1. The molecule has 0 unspecified atom stereocenters. The largest absolute Gasteiger partial charge is 0.482 e. The highest BCUT2D eigenvalue weighted by Gasteiger charge is 2.07. The Labute approximate surface area is 120 Å². The van der Waals surface area contributed by atoms with Crippen molar-refractivity contribution in [1.82, 2.24) is 20.2 Å². The van der Waals surface area contributed by atoms with Gasteiger partial charge in [-0.25, -0.2) is 4.79 Å². The Kier molecular flexibility index (Phi) is 4.82. The van der Waals surface area contributed by atoms with Crippen LogP contribution in [0.25, 0.3) is 11.4 Å². The lowest BCUT2D eigenvalue weighted by molar-refractivity contribution is -0.145. The summed E-state index contributed by atoms with van der Waals surface area (Å²) in [5.74, 6) is 0.543. The molecule has 0 aliphatic carbocycles. The average Bonchev–Trinajstić information content (AvgIpc) is 2.95. The van der Waals surface area contributed by atoms with E-state index in [9.17, 15) is 4.79 Å². The van der Waals surface area contributed by atoms with Gasteiger partial charge in [0, 0.05) is 5.56 Å². The molecule has 0 atom stereocenters. The molecule has 8 nitrogen and oxygen atoms in total. The monoisotopic (exact) mass is 287 g/mol. The lowest BCUT2D eigenvalue weighted by Gasteiger charge is -2.05. The molecule has 1 aromatic heterocycles. The first kappa shape index (κ1) is 14.5. The van der Waals surface area contributed by atoms with Gasteiger partial charge in [0.05, 0.1) is 12.7 Å². The molecule has 0 aliphatic rings. The van der Waals surface area contributed by atoms with Crippen LogP contribution in [0.5, 0.6) is 5.75 Å². The molecule has 0 fully saturated rings. The number of hydrogen-bond acceptors (Lipinski definition) is 7. The number of ether oxygens (including phenoxy) is 2. The maximum absolute atomic E-state index is 11.2. The summed E-state index contributed by atoms with van der Waals surface area (Å²) in [6.07, 6.45) is 0. The summed E-state index contributed by atoms with van der Waals surface area (Å²) in [4.78, 5) is 12.4. The first-order chi connectivity index (χ1) is 10.2. The van der Waals surface area contributed by atoms with Gasteiger partial charge in [0.15, 0.2) is 6.61 Å². The Bertz CT molecular complexity index is 645. The summed E-state index contributed by atoms with van der Waals surface area (Å²) in [5.41, 5.74) is 0.739. The Hall–Kier alpha value is -2.95.